The van der Waals surface area contributed by atoms with Crippen LogP contribution in [0.25, 0.3) is 33.1 Å². The molecule has 0 atom stereocenters. The summed E-state index contributed by atoms with van der Waals surface area (Å²) < 4.78 is 40.3. The number of fused-ring (bicyclic) bond motifs is 3. The maximum absolute atomic E-state index is 13.1. The van der Waals surface area contributed by atoms with Gasteiger partial charge in [0.25, 0.3) is 0 Å². The largest absolute Gasteiger partial charge is 0.406 e. The molecule has 0 saturated heterocycles. The van der Waals surface area contributed by atoms with Gasteiger partial charge in [0.05, 0.1) is 5.52 Å². The van der Waals surface area contributed by atoms with E-state index < -0.39 is 12.7 Å². The Morgan fingerprint density at radius 1 is 1.04 bits per heavy atom. The molecule has 132 valence electrons. The highest BCUT2D eigenvalue weighted by Gasteiger charge is 2.30. The van der Waals surface area contributed by atoms with Crippen LogP contribution in [-0.4, -0.2) is 25.7 Å². The van der Waals surface area contributed by atoms with Crippen molar-refractivity contribution in [2.75, 3.05) is 0 Å². The third kappa shape index (κ3) is 2.88. The summed E-state index contributed by atoms with van der Waals surface area (Å²) in [5, 5.41) is 0.584. The molecule has 4 rings (SSSR count). The second kappa shape index (κ2) is 5.95. The Morgan fingerprint density at radius 3 is 2.50 bits per heavy atom. The van der Waals surface area contributed by atoms with Gasteiger partial charge in [-0.2, -0.15) is 13.2 Å². The van der Waals surface area contributed by atoms with Gasteiger partial charge in [-0.25, -0.2) is 9.97 Å². The highest BCUT2D eigenvalue weighted by Crippen LogP contribution is 2.35. The third-order valence-corrected chi connectivity index (χ3v) is 4.45. The molecule has 0 aliphatic rings. The molecule has 0 radical (unpaired) electrons. The summed E-state index contributed by atoms with van der Waals surface area (Å²) in [6.07, 6.45) is -1.41. The van der Waals surface area contributed by atoms with Crippen LogP contribution in [0.5, 0.6) is 0 Å². The fourth-order valence-corrected chi connectivity index (χ4v) is 3.27. The smallest absolute Gasteiger partial charge is 0.327 e. The second-order valence-corrected chi connectivity index (χ2v) is 6.34. The molecule has 0 amide bonds. The van der Waals surface area contributed by atoms with E-state index in [2.05, 4.69) is 15.0 Å². The van der Waals surface area contributed by atoms with Gasteiger partial charge in [0.1, 0.15) is 23.9 Å². The van der Waals surface area contributed by atoms with Crippen molar-refractivity contribution in [3.8, 4) is 11.1 Å². The monoisotopic (exact) mass is 376 g/mol. The molecule has 0 bridgehead atoms. The fourth-order valence-electron chi connectivity index (χ4n) is 3.04. The SMILES string of the molecule is Cc1ccc(-c2ccc3c(c2)c2ncnc(Cl)c2n3CC(F)(F)F)cn1. The quantitative estimate of drug-likeness (QED) is 0.453. The predicted octanol–water partition coefficient (Wildman–Crippen LogP) is 5.17. The molecule has 3 heterocycles. The number of aryl methyl sites for hydroxylation is 1. The topological polar surface area (TPSA) is 43.6 Å². The molecule has 0 N–H and O–H groups in total. The summed E-state index contributed by atoms with van der Waals surface area (Å²) in [6, 6.07) is 9.02. The zero-order valence-electron chi connectivity index (χ0n) is 13.5. The van der Waals surface area contributed by atoms with Crippen molar-refractivity contribution in [3.63, 3.8) is 0 Å². The molecule has 3 aromatic heterocycles. The summed E-state index contributed by atoms with van der Waals surface area (Å²) in [4.78, 5) is 12.3. The van der Waals surface area contributed by atoms with Crippen LogP contribution in [0.3, 0.4) is 0 Å². The average Bonchev–Trinajstić information content (AvgIpc) is 2.89. The van der Waals surface area contributed by atoms with Crippen molar-refractivity contribution in [2.45, 2.75) is 19.6 Å². The van der Waals surface area contributed by atoms with Gasteiger partial charge in [-0.3, -0.25) is 4.98 Å². The van der Waals surface area contributed by atoms with Crippen LogP contribution < -0.4 is 0 Å². The number of benzene rings is 1. The summed E-state index contributed by atoms with van der Waals surface area (Å²) in [6.45, 7) is 0.724. The summed E-state index contributed by atoms with van der Waals surface area (Å²) in [5.41, 5.74) is 3.58. The van der Waals surface area contributed by atoms with Crippen LogP contribution in [0.1, 0.15) is 5.69 Å². The number of alkyl halides is 3. The zero-order valence-corrected chi connectivity index (χ0v) is 14.3. The van der Waals surface area contributed by atoms with Crippen LogP contribution in [0.4, 0.5) is 13.2 Å². The van der Waals surface area contributed by atoms with Gasteiger partial charge in [-0.15, -0.1) is 0 Å². The lowest BCUT2D eigenvalue weighted by Crippen LogP contribution is -2.17. The fraction of sp³-hybridized carbons (Fsp3) is 0.167. The van der Waals surface area contributed by atoms with Crippen LogP contribution in [0.15, 0.2) is 42.9 Å². The van der Waals surface area contributed by atoms with Gasteiger partial charge in [-0.05, 0) is 30.7 Å². The molecule has 0 fully saturated rings. The normalized spacial score (nSPS) is 12.2. The van der Waals surface area contributed by atoms with E-state index in [1.54, 1.807) is 24.4 Å². The number of rotatable bonds is 2. The molecule has 0 aliphatic heterocycles. The molecule has 0 spiro atoms. The van der Waals surface area contributed by atoms with E-state index in [9.17, 15) is 13.2 Å². The summed E-state index contributed by atoms with van der Waals surface area (Å²) in [7, 11) is 0. The lowest BCUT2D eigenvalue weighted by molar-refractivity contribution is -0.139. The lowest BCUT2D eigenvalue weighted by atomic mass is 10.1. The van der Waals surface area contributed by atoms with Crippen LogP contribution >= 0.6 is 11.6 Å². The predicted molar refractivity (Wildman–Crippen MR) is 94.1 cm³/mol. The molecule has 4 aromatic rings. The summed E-state index contributed by atoms with van der Waals surface area (Å²) >= 11 is 6.09. The average molecular weight is 377 g/mol. The van der Waals surface area contributed by atoms with Gasteiger partial charge in [0.2, 0.25) is 0 Å². The first-order chi connectivity index (χ1) is 12.3. The van der Waals surface area contributed by atoms with Gasteiger partial charge >= 0.3 is 6.18 Å². The molecular weight excluding hydrogens is 365 g/mol. The van der Waals surface area contributed by atoms with Gasteiger partial charge in [-0.1, -0.05) is 23.7 Å². The van der Waals surface area contributed by atoms with Crippen LogP contribution in [0.2, 0.25) is 5.15 Å². The Morgan fingerprint density at radius 2 is 1.81 bits per heavy atom. The van der Waals surface area contributed by atoms with E-state index in [0.29, 0.717) is 16.4 Å². The van der Waals surface area contributed by atoms with Crippen molar-refractivity contribution < 1.29 is 13.2 Å². The van der Waals surface area contributed by atoms with E-state index >= 15 is 0 Å². The Balaban J connectivity index is 2.00. The van der Waals surface area contributed by atoms with Crippen molar-refractivity contribution >= 4 is 33.5 Å². The molecule has 26 heavy (non-hydrogen) atoms. The first-order valence-corrected chi connectivity index (χ1v) is 8.13. The highest BCUT2D eigenvalue weighted by molar-refractivity contribution is 6.34. The van der Waals surface area contributed by atoms with Gasteiger partial charge in [0, 0.05) is 22.8 Å². The van der Waals surface area contributed by atoms with Crippen LogP contribution in [-0.2, 0) is 6.54 Å². The Kier molecular flexibility index (Phi) is 3.84. The van der Waals surface area contributed by atoms with Crippen molar-refractivity contribution in [1.82, 2.24) is 19.5 Å². The standard InChI is InChI=1S/C18H12ClF3N4/c1-10-2-3-12(7-23-10)11-4-5-14-13(6-11)15-16(17(19)25-9-24-15)26(14)8-18(20,21)22/h2-7,9H,8H2,1H3. The van der Waals surface area contributed by atoms with E-state index in [0.717, 1.165) is 21.4 Å². The molecule has 8 heteroatoms. The van der Waals surface area contributed by atoms with Crippen molar-refractivity contribution in [1.29, 1.82) is 0 Å². The first kappa shape index (κ1) is 16.8. The molecule has 1 aromatic carbocycles. The van der Waals surface area contributed by atoms with E-state index in [-0.39, 0.29) is 10.7 Å². The van der Waals surface area contributed by atoms with Gasteiger partial charge < -0.3 is 4.57 Å². The maximum atomic E-state index is 13.1. The maximum Gasteiger partial charge on any atom is 0.406 e. The number of pyridine rings is 1. The van der Waals surface area contributed by atoms with Gasteiger partial charge in [0.15, 0.2) is 5.15 Å². The Labute approximate surface area is 151 Å². The minimum absolute atomic E-state index is 0.00555. The Hall–Kier alpha value is -2.67. The highest BCUT2D eigenvalue weighted by atomic mass is 35.5. The second-order valence-electron chi connectivity index (χ2n) is 5.98. The van der Waals surface area contributed by atoms with Crippen LogP contribution in [0, 0.1) is 6.92 Å². The minimum Gasteiger partial charge on any atom is -0.327 e. The number of hydrogen-bond acceptors (Lipinski definition) is 3. The van der Waals surface area contributed by atoms with E-state index in [1.165, 1.54) is 6.33 Å². The lowest BCUT2D eigenvalue weighted by Gasteiger charge is -2.11. The zero-order chi connectivity index (χ0) is 18.5. The molecular formula is C18H12ClF3N4. The third-order valence-electron chi connectivity index (χ3n) is 4.17. The van der Waals surface area contributed by atoms with Crippen molar-refractivity contribution in [2.24, 2.45) is 0 Å². The Bertz CT molecular complexity index is 1120. The molecule has 4 nitrogen and oxygen atoms in total. The number of hydrogen-bond donors (Lipinski definition) is 0. The first-order valence-electron chi connectivity index (χ1n) is 7.76. The van der Waals surface area contributed by atoms with E-state index in [1.807, 2.05) is 19.1 Å². The van der Waals surface area contributed by atoms with E-state index in [4.69, 9.17) is 11.6 Å². The van der Waals surface area contributed by atoms with Crippen molar-refractivity contribution in [3.05, 3.63) is 53.7 Å². The summed E-state index contributed by atoms with van der Waals surface area (Å²) in [5.74, 6) is 0. The number of aromatic nitrogens is 4. The molecule has 0 unspecified atom stereocenters. The minimum atomic E-state index is -4.39. The number of nitrogens with zero attached hydrogens (tertiary/aromatic N) is 4. The number of halogens is 4. The molecule has 0 saturated carbocycles. The molecule has 0 aliphatic carbocycles.